The predicted octanol–water partition coefficient (Wildman–Crippen LogP) is 2.33. The Hall–Kier alpha value is -2.66. The van der Waals surface area contributed by atoms with Gasteiger partial charge in [-0.25, -0.2) is 0 Å². The lowest BCUT2D eigenvalue weighted by atomic mass is 10.0. The van der Waals surface area contributed by atoms with Crippen LogP contribution in [-0.4, -0.2) is 59.0 Å². The summed E-state index contributed by atoms with van der Waals surface area (Å²) in [5.41, 5.74) is 4.11. The normalized spacial score (nSPS) is 21.9. The van der Waals surface area contributed by atoms with Crippen LogP contribution < -0.4 is 0 Å². The largest absolute Gasteiger partial charge is 0.392 e. The number of carbonyl (C=O) groups excluding carboxylic acids is 2. The van der Waals surface area contributed by atoms with Crippen LogP contribution in [0.15, 0.2) is 48.5 Å². The zero-order valence-electron chi connectivity index (χ0n) is 15.5. The maximum atomic E-state index is 12.7. The SMILES string of the molecule is Cc1ccc(-c2ccc(C(=O)N3CCN(C(=O)C4CC4O)CC3)cc2)cc1. The topological polar surface area (TPSA) is 60.9 Å². The fourth-order valence-corrected chi connectivity index (χ4v) is 3.55. The monoisotopic (exact) mass is 364 g/mol. The summed E-state index contributed by atoms with van der Waals surface area (Å²) in [4.78, 5) is 28.5. The molecule has 2 aliphatic rings. The highest BCUT2D eigenvalue weighted by molar-refractivity contribution is 5.95. The molecule has 2 atom stereocenters. The zero-order chi connectivity index (χ0) is 19.0. The van der Waals surface area contributed by atoms with Gasteiger partial charge in [0.2, 0.25) is 5.91 Å². The van der Waals surface area contributed by atoms with Crippen molar-refractivity contribution in [2.24, 2.45) is 5.92 Å². The van der Waals surface area contributed by atoms with E-state index in [1.807, 2.05) is 24.3 Å². The molecular weight excluding hydrogens is 340 g/mol. The Morgan fingerprint density at radius 2 is 1.33 bits per heavy atom. The Morgan fingerprint density at radius 1 is 0.852 bits per heavy atom. The van der Waals surface area contributed by atoms with E-state index >= 15 is 0 Å². The van der Waals surface area contributed by atoms with Crippen LogP contribution >= 0.6 is 0 Å². The first-order valence-electron chi connectivity index (χ1n) is 9.46. The van der Waals surface area contributed by atoms with Crippen molar-refractivity contribution in [3.05, 3.63) is 59.7 Å². The number of piperazine rings is 1. The molecular formula is C22H24N2O3. The fraction of sp³-hybridized carbons (Fsp3) is 0.364. The summed E-state index contributed by atoms with van der Waals surface area (Å²) in [5.74, 6) is -0.192. The summed E-state index contributed by atoms with van der Waals surface area (Å²) < 4.78 is 0. The van der Waals surface area contributed by atoms with Crippen molar-refractivity contribution in [3.63, 3.8) is 0 Å². The number of nitrogens with zero attached hydrogens (tertiary/aromatic N) is 2. The van der Waals surface area contributed by atoms with Crippen molar-refractivity contribution in [1.82, 2.24) is 9.80 Å². The van der Waals surface area contributed by atoms with Gasteiger partial charge in [0, 0.05) is 31.7 Å². The first-order chi connectivity index (χ1) is 13.0. The van der Waals surface area contributed by atoms with Gasteiger partial charge in [-0.05, 0) is 36.6 Å². The molecule has 1 N–H and O–H groups in total. The van der Waals surface area contributed by atoms with Crippen LogP contribution in [0.2, 0.25) is 0 Å². The van der Waals surface area contributed by atoms with E-state index in [1.165, 1.54) is 5.56 Å². The average molecular weight is 364 g/mol. The molecule has 0 spiro atoms. The molecule has 0 aromatic heterocycles. The lowest BCUT2D eigenvalue weighted by Crippen LogP contribution is -2.51. The Morgan fingerprint density at radius 3 is 1.85 bits per heavy atom. The minimum Gasteiger partial charge on any atom is -0.392 e. The third kappa shape index (κ3) is 3.74. The zero-order valence-corrected chi connectivity index (χ0v) is 15.5. The Labute approximate surface area is 159 Å². The number of benzene rings is 2. The van der Waals surface area contributed by atoms with E-state index in [0.29, 0.717) is 38.2 Å². The van der Waals surface area contributed by atoms with Gasteiger partial charge in [-0.1, -0.05) is 42.0 Å². The number of rotatable bonds is 3. The lowest BCUT2D eigenvalue weighted by Gasteiger charge is -2.35. The third-order valence-corrected chi connectivity index (χ3v) is 5.47. The van der Waals surface area contributed by atoms with Crippen LogP contribution in [0.5, 0.6) is 0 Å². The Balaban J connectivity index is 1.37. The maximum Gasteiger partial charge on any atom is 0.253 e. The average Bonchev–Trinajstić information content (AvgIpc) is 3.44. The number of amides is 2. The van der Waals surface area contributed by atoms with Crippen molar-refractivity contribution in [2.45, 2.75) is 19.4 Å². The quantitative estimate of drug-likeness (QED) is 0.909. The number of carbonyl (C=O) groups is 2. The molecule has 1 aliphatic carbocycles. The molecule has 5 nitrogen and oxygen atoms in total. The lowest BCUT2D eigenvalue weighted by molar-refractivity contribution is -0.134. The third-order valence-electron chi connectivity index (χ3n) is 5.47. The molecule has 2 aromatic carbocycles. The second-order valence-corrected chi connectivity index (χ2v) is 7.47. The molecule has 4 rings (SSSR count). The van der Waals surface area contributed by atoms with E-state index in [4.69, 9.17) is 0 Å². The molecule has 27 heavy (non-hydrogen) atoms. The molecule has 5 heteroatoms. The van der Waals surface area contributed by atoms with E-state index in [2.05, 4.69) is 31.2 Å². The van der Waals surface area contributed by atoms with Gasteiger partial charge in [0.15, 0.2) is 0 Å². The second kappa shape index (κ2) is 7.16. The van der Waals surface area contributed by atoms with Gasteiger partial charge in [-0.15, -0.1) is 0 Å². The van der Waals surface area contributed by atoms with Crippen molar-refractivity contribution >= 4 is 11.8 Å². The molecule has 2 aromatic rings. The van der Waals surface area contributed by atoms with E-state index in [1.54, 1.807) is 9.80 Å². The first kappa shape index (κ1) is 17.7. The van der Waals surface area contributed by atoms with Crippen molar-refractivity contribution in [1.29, 1.82) is 0 Å². The Kier molecular flexibility index (Phi) is 4.70. The van der Waals surface area contributed by atoms with E-state index in [0.717, 1.165) is 11.1 Å². The van der Waals surface area contributed by atoms with Crippen LogP contribution in [0, 0.1) is 12.8 Å². The minimum atomic E-state index is -0.468. The molecule has 140 valence electrons. The number of hydrogen-bond acceptors (Lipinski definition) is 3. The molecule has 1 heterocycles. The van der Waals surface area contributed by atoms with Gasteiger partial charge in [0.1, 0.15) is 0 Å². The standard InChI is InChI=1S/C22H24N2O3/c1-15-2-4-16(5-3-15)17-6-8-18(9-7-17)21(26)23-10-12-24(13-11-23)22(27)19-14-20(19)25/h2-9,19-20,25H,10-14H2,1H3. The molecule has 1 saturated carbocycles. The molecule has 0 radical (unpaired) electrons. The number of aryl methyl sites for hydroxylation is 1. The van der Waals surface area contributed by atoms with Gasteiger partial charge in [0.05, 0.1) is 12.0 Å². The maximum absolute atomic E-state index is 12.7. The molecule has 2 unspecified atom stereocenters. The van der Waals surface area contributed by atoms with E-state index in [-0.39, 0.29) is 17.7 Å². The summed E-state index contributed by atoms with van der Waals surface area (Å²) in [6.07, 6.45) is 0.106. The summed E-state index contributed by atoms with van der Waals surface area (Å²) in [7, 11) is 0. The van der Waals surface area contributed by atoms with Crippen LogP contribution in [0.25, 0.3) is 11.1 Å². The van der Waals surface area contributed by atoms with Crippen molar-refractivity contribution < 1.29 is 14.7 Å². The Bertz CT molecular complexity index is 837. The molecule has 1 aliphatic heterocycles. The molecule has 1 saturated heterocycles. The van der Waals surface area contributed by atoms with Gasteiger partial charge in [-0.3, -0.25) is 9.59 Å². The van der Waals surface area contributed by atoms with E-state index < -0.39 is 6.10 Å². The minimum absolute atomic E-state index is 0.00371. The summed E-state index contributed by atoms with van der Waals surface area (Å²) in [5, 5.41) is 9.42. The summed E-state index contributed by atoms with van der Waals surface area (Å²) >= 11 is 0. The summed E-state index contributed by atoms with van der Waals surface area (Å²) in [6, 6.07) is 16.0. The highest BCUT2D eigenvalue weighted by atomic mass is 16.3. The number of aliphatic hydroxyl groups excluding tert-OH is 1. The van der Waals surface area contributed by atoms with E-state index in [9.17, 15) is 14.7 Å². The van der Waals surface area contributed by atoms with Crippen molar-refractivity contribution in [3.8, 4) is 11.1 Å². The molecule has 0 bridgehead atoms. The molecule has 2 amide bonds. The molecule has 2 fully saturated rings. The number of aliphatic hydroxyl groups is 1. The van der Waals surface area contributed by atoms with Gasteiger partial charge < -0.3 is 14.9 Å². The van der Waals surface area contributed by atoms with Crippen LogP contribution in [0.3, 0.4) is 0 Å². The van der Waals surface area contributed by atoms with Crippen LogP contribution in [0.1, 0.15) is 22.3 Å². The van der Waals surface area contributed by atoms with Gasteiger partial charge in [0.25, 0.3) is 5.91 Å². The highest BCUT2D eigenvalue weighted by Crippen LogP contribution is 2.32. The smallest absolute Gasteiger partial charge is 0.253 e. The first-order valence-corrected chi connectivity index (χ1v) is 9.46. The van der Waals surface area contributed by atoms with Gasteiger partial charge in [-0.2, -0.15) is 0 Å². The number of hydrogen-bond donors (Lipinski definition) is 1. The van der Waals surface area contributed by atoms with Crippen molar-refractivity contribution in [2.75, 3.05) is 26.2 Å². The second-order valence-electron chi connectivity index (χ2n) is 7.47. The fourth-order valence-electron chi connectivity index (χ4n) is 3.55. The highest BCUT2D eigenvalue weighted by Gasteiger charge is 2.44. The predicted molar refractivity (Wildman–Crippen MR) is 103 cm³/mol. The summed E-state index contributed by atoms with van der Waals surface area (Å²) in [6.45, 7) is 4.20. The van der Waals surface area contributed by atoms with Gasteiger partial charge >= 0.3 is 0 Å². The van der Waals surface area contributed by atoms with Crippen LogP contribution in [0.4, 0.5) is 0 Å². The van der Waals surface area contributed by atoms with Crippen LogP contribution in [-0.2, 0) is 4.79 Å².